The second kappa shape index (κ2) is 3.94. The normalized spacial score (nSPS) is 33.9. The van der Waals surface area contributed by atoms with Crippen LogP contribution >= 0.6 is 0 Å². The van der Waals surface area contributed by atoms with Crippen molar-refractivity contribution in [2.75, 3.05) is 0 Å². The third-order valence-corrected chi connectivity index (χ3v) is 3.15. The Morgan fingerprint density at radius 2 is 1.91 bits per heavy atom. The number of hydrogen-bond donors (Lipinski definition) is 0. The maximum Gasteiger partial charge on any atom is -0.0180 e. The zero-order chi connectivity index (χ0) is 8.27. The molecule has 0 radical (unpaired) electrons. The molecular formula is C11H20. The highest BCUT2D eigenvalue weighted by molar-refractivity contribution is 5.04. The lowest BCUT2D eigenvalue weighted by atomic mass is 9.77. The van der Waals surface area contributed by atoms with Crippen LogP contribution in [0.25, 0.3) is 0 Å². The minimum Gasteiger partial charge on any atom is -0.0884 e. The van der Waals surface area contributed by atoms with Gasteiger partial charge in [0.25, 0.3) is 0 Å². The van der Waals surface area contributed by atoms with Crippen LogP contribution in [0.4, 0.5) is 0 Å². The van der Waals surface area contributed by atoms with Crippen LogP contribution in [0.3, 0.4) is 0 Å². The smallest absolute Gasteiger partial charge is 0.0180 e. The molecule has 64 valence electrons. The molecule has 1 rings (SSSR count). The molecule has 0 heteroatoms. The van der Waals surface area contributed by atoms with Crippen LogP contribution in [0.15, 0.2) is 11.6 Å². The molecule has 0 bridgehead atoms. The first kappa shape index (κ1) is 8.83. The maximum atomic E-state index is 2.40. The Balaban J connectivity index is 2.54. The monoisotopic (exact) mass is 152 g/mol. The van der Waals surface area contributed by atoms with Gasteiger partial charge >= 0.3 is 0 Å². The van der Waals surface area contributed by atoms with E-state index in [0.29, 0.717) is 0 Å². The Labute approximate surface area is 70.7 Å². The second-order valence-electron chi connectivity index (χ2n) is 3.90. The molecule has 2 atom stereocenters. The van der Waals surface area contributed by atoms with Gasteiger partial charge in [-0.25, -0.2) is 0 Å². The zero-order valence-corrected chi connectivity index (χ0v) is 8.06. The highest BCUT2D eigenvalue weighted by Crippen LogP contribution is 2.34. The van der Waals surface area contributed by atoms with Crippen LogP contribution in [0, 0.1) is 11.8 Å². The van der Waals surface area contributed by atoms with E-state index in [1.807, 2.05) is 0 Å². The molecule has 0 spiro atoms. The summed E-state index contributed by atoms with van der Waals surface area (Å²) in [6.45, 7) is 6.85. The van der Waals surface area contributed by atoms with E-state index in [1.54, 1.807) is 5.57 Å². The van der Waals surface area contributed by atoms with E-state index in [1.165, 1.54) is 25.7 Å². The van der Waals surface area contributed by atoms with E-state index in [9.17, 15) is 0 Å². The average molecular weight is 152 g/mol. The first-order valence-electron chi connectivity index (χ1n) is 4.88. The van der Waals surface area contributed by atoms with Crippen molar-refractivity contribution in [3.05, 3.63) is 11.6 Å². The average Bonchev–Trinajstić information content (AvgIpc) is 2.04. The summed E-state index contributed by atoms with van der Waals surface area (Å²) in [5, 5.41) is 0. The highest BCUT2D eigenvalue weighted by atomic mass is 14.3. The molecule has 0 aliphatic heterocycles. The predicted octanol–water partition coefficient (Wildman–Crippen LogP) is 3.78. The van der Waals surface area contributed by atoms with Gasteiger partial charge in [-0.3, -0.25) is 0 Å². The van der Waals surface area contributed by atoms with Crippen molar-refractivity contribution in [1.29, 1.82) is 0 Å². The molecule has 1 saturated carbocycles. The summed E-state index contributed by atoms with van der Waals surface area (Å²) in [5.74, 6) is 1.83. The van der Waals surface area contributed by atoms with Gasteiger partial charge in [0.15, 0.2) is 0 Å². The third kappa shape index (κ3) is 2.08. The van der Waals surface area contributed by atoms with Gasteiger partial charge in [-0.1, -0.05) is 37.8 Å². The van der Waals surface area contributed by atoms with Crippen LogP contribution in [-0.2, 0) is 0 Å². The van der Waals surface area contributed by atoms with Crippen LogP contribution in [-0.4, -0.2) is 0 Å². The molecule has 0 saturated heterocycles. The Hall–Kier alpha value is -0.260. The van der Waals surface area contributed by atoms with Gasteiger partial charge in [-0.05, 0) is 32.1 Å². The lowest BCUT2D eigenvalue weighted by Gasteiger charge is -2.29. The van der Waals surface area contributed by atoms with Crippen molar-refractivity contribution in [3.63, 3.8) is 0 Å². The molecule has 0 aromatic carbocycles. The lowest BCUT2D eigenvalue weighted by Crippen LogP contribution is -2.17. The molecule has 0 nitrogen and oxygen atoms in total. The van der Waals surface area contributed by atoms with Gasteiger partial charge < -0.3 is 0 Å². The van der Waals surface area contributed by atoms with Gasteiger partial charge in [0.05, 0.1) is 0 Å². The fourth-order valence-electron chi connectivity index (χ4n) is 2.21. The fourth-order valence-corrected chi connectivity index (χ4v) is 2.21. The summed E-state index contributed by atoms with van der Waals surface area (Å²) < 4.78 is 0. The maximum absolute atomic E-state index is 2.40. The third-order valence-electron chi connectivity index (χ3n) is 3.15. The Bertz CT molecular complexity index is 144. The van der Waals surface area contributed by atoms with Crippen molar-refractivity contribution < 1.29 is 0 Å². The molecule has 1 fully saturated rings. The quantitative estimate of drug-likeness (QED) is 0.502. The van der Waals surface area contributed by atoms with Crippen molar-refractivity contribution in [3.8, 4) is 0 Å². The van der Waals surface area contributed by atoms with Crippen molar-refractivity contribution >= 4 is 0 Å². The molecule has 0 N–H and O–H groups in total. The molecule has 1 aliphatic carbocycles. The Morgan fingerprint density at radius 3 is 2.45 bits per heavy atom. The minimum atomic E-state index is 0.897. The van der Waals surface area contributed by atoms with Crippen molar-refractivity contribution in [2.24, 2.45) is 11.8 Å². The zero-order valence-electron chi connectivity index (χ0n) is 8.06. The van der Waals surface area contributed by atoms with E-state index < -0.39 is 0 Å². The molecule has 1 aliphatic rings. The number of allylic oxidation sites excluding steroid dienone is 2. The summed E-state index contributed by atoms with van der Waals surface area (Å²) in [5.41, 5.74) is 1.61. The summed E-state index contributed by atoms with van der Waals surface area (Å²) in [7, 11) is 0. The van der Waals surface area contributed by atoms with Gasteiger partial charge in [0.2, 0.25) is 0 Å². The fraction of sp³-hybridized carbons (Fsp3) is 0.818. The van der Waals surface area contributed by atoms with E-state index in [-0.39, 0.29) is 0 Å². The molecular weight excluding hydrogens is 132 g/mol. The van der Waals surface area contributed by atoms with Gasteiger partial charge in [0, 0.05) is 0 Å². The van der Waals surface area contributed by atoms with Gasteiger partial charge in [0.1, 0.15) is 0 Å². The molecule has 0 amide bonds. The van der Waals surface area contributed by atoms with E-state index in [0.717, 1.165) is 11.8 Å². The SMILES string of the molecule is C/C=C(\C)C1CCCCC1C. The molecule has 0 aromatic heterocycles. The number of rotatable bonds is 1. The summed E-state index contributed by atoms with van der Waals surface area (Å²) in [6, 6.07) is 0. The molecule has 0 aromatic rings. The van der Waals surface area contributed by atoms with E-state index >= 15 is 0 Å². The topological polar surface area (TPSA) is 0 Å². The van der Waals surface area contributed by atoms with E-state index in [2.05, 4.69) is 26.8 Å². The first-order valence-corrected chi connectivity index (χ1v) is 4.88. The molecule has 11 heavy (non-hydrogen) atoms. The van der Waals surface area contributed by atoms with Crippen LogP contribution < -0.4 is 0 Å². The van der Waals surface area contributed by atoms with E-state index in [4.69, 9.17) is 0 Å². The first-order chi connectivity index (χ1) is 5.25. The Kier molecular flexibility index (Phi) is 3.16. The van der Waals surface area contributed by atoms with Crippen LogP contribution in [0.2, 0.25) is 0 Å². The largest absolute Gasteiger partial charge is 0.0884 e. The molecule has 2 unspecified atom stereocenters. The van der Waals surface area contributed by atoms with Gasteiger partial charge in [-0.2, -0.15) is 0 Å². The number of hydrogen-bond acceptors (Lipinski definition) is 0. The predicted molar refractivity (Wildman–Crippen MR) is 50.6 cm³/mol. The van der Waals surface area contributed by atoms with Gasteiger partial charge in [-0.15, -0.1) is 0 Å². The summed E-state index contributed by atoms with van der Waals surface area (Å²) >= 11 is 0. The van der Waals surface area contributed by atoms with Crippen LogP contribution in [0.1, 0.15) is 46.5 Å². The second-order valence-corrected chi connectivity index (χ2v) is 3.90. The van der Waals surface area contributed by atoms with Crippen molar-refractivity contribution in [1.82, 2.24) is 0 Å². The minimum absolute atomic E-state index is 0.897. The highest BCUT2D eigenvalue weighted by Gasteiger charge is 2.21. The summed E-state index contributed by atoms with van der Waals surface area (Å²) in [6.07, 6.45) is 8.05. The Morgan fingerprint density at radius 1 is 1.27 bits per heavy atom. The van der Waals surface area contributed by atoms with Crippen LogP contribution in [0.5, 0.6) is 0 Å². The standard InChI is InChI=1S/C11H20/c1-4-9(2)11-8-6-5-7-10(11)3/h4,10-11H,5-8H2,1-3H3/b9-4+. The van der Waals surface area contributed by atoms with Crippen molar-refractivity contribution in [2.45, 2.75) is 46.5 Å². The summed E-state index contributed by atoms with van der Waals surface area (Å²) in [4.78, 5) is 0. The molecule has 0 heterocycles. The lowest BCUT2D eigenvalue weighted by molar-refractivity contribution is 0.293.